The van der Waals surface area contributed by atoms with E-state index in [4.69, 9.17) is 4.74 Å². The van der Waals surface area contributed by atoms with E-state index in [0.29, 0.717) is 0 Å². The number of ether oxygens (including phenoxy) is 1. The lowest BCUT2D eigenvalue weighted by atomic mass is 10.0. The largest absolute Gasteiger partial charge is 0.494 e. The van der Waals surface area contributed by atoms with Crippen molar-refractivity contribution in [3.05, 3.63) is 42.2 Å². The van der Waals surface area contributed by atoms with Crippen LogP contribution in [0.25, 0.3) is 11.4 Å². The van der Waals surface area contributed by atoms with Gasteiger partial charge in [-0.15, -0.1) is 0 Å². The maximum absolute atomic E-state index is 5.92. The number of nitrogens with zero attached hydrogens (tertiary/aromatic N) is 2. The molecule has 0 aliphatic heterocycles. The fourth-order valence-corrected chi connectivity index (χ4v) is 4.17. The van der Waals surface area contributed by atoms with Crippen molar-refractivity contribution in [1.29, 1.82) is 0 Å². The van der Waals surface area contributed by atoms with Crippen LogP contribution >= 0.6 is 0 Å². The van der Waals surface area contributed by atoms with E-state index < -0.39 is 0 Å². The van der Waals surface area contributed by atoms with Crippen molar-refractivity contribution in [2.75, 3.05) is 6.61 Å². The van der Waals surface area contributed by atoms with E-state index in [2.05, 4.69) is 42.9 Å². The summed E-state index contributed by atoms with van der Waals surface area (Å²) in [4.78, 5) is 9.19. The van der Waals surface area contributed by atoms with E-state index in [1.54, 1.807) is 0 Å². The molecule has 0 N–H and O–H groups in total. The predicted octanol–water partition coefficient (Wildman–Crippen LogP) is 9.20. The van der Waals surface area contributed by atoms with Gasteiger partial charge in [0, 0.05) is 18.0 Å². The number of unbranched alkanes of at least 4 members (excludes halogenated alkanes) is 11. The van der Waals surface area contributed by atoms with E-state index in [9.17, 15) is 0 Å². The van der Waals surface area contributed by atoms with Crippen molar-refractivity contribution in [1.82, 2.24) is 9.97 Å². The molecule has 0 saturated heterocycles. The first-order valence-corrected chi connectivity index (χ1v) is 13.7. The Morgan fingerprint density at radius 3 is 1.91 bits per heavy atom. The number of hydrogen-bond donors (Lipinski definition) is 0. The Kier molecular flexibility index (Phi) is 14.6. The molecule has 184 valence electrons. The fraction of sp³-hybridized carbons (Fsp3) is 0.667. The quantitative estimate of drug-likeness (QED) is 0.199. The van der Waals surface area contributed by atoms with Gasteiger partial charge >= 0.3 is 0 Å². The Bertz CT molecular complexity index is 709. The molecule has 1 aromatic carbocycles. The maximum atomic E-state index is 5.92. The van der Waals surface area contributed by atoms with Crippen molar-refractivity contribution >= 4 is 0 Å². The third kappa shape index (κ3) is 12.8. The third-order valence-corrected chi connectivity index (χ3v) is 6.33. The van der Waals surface area contributed by atoms with Crippen LogP contribution in [-0.4, -0.2) is 16.6 Å². The number of hydrogen-bond acceptors (Lipinski definition) is 3. The van der Waals surface area contributed by atoms with Gasteiger partial charge in [0.15, 0.2) is 5.82 Å². The summed E-state index contributed by atoms with van der Waals surface area (Å²) in [5.74, 6) is 2.57. The van der Waals surface area contributed by atoms with Gasteiger partial charge in [-0.1, -0.05) is 97.8 Å². The first kappa shape index (κ1) is 27.3. The first-order valence-electron chi connectivity index (χ1n) is 13.7. The lowest BCUT2D eigenvalue weighted by molar-refractivity contribution is 0.304. The topological polar surface area (TPSA) is 35.0 Å². The van der Waals surface area contributed by atoms with Gasteiger partial charge in [0.05, 0.1) is 6.61 Å². The van der Waals surface area contributed by atoms with Crippen LogP contribution in [0.5, 0.6) is 5.75 Å². The molecule has 2 aromatic rings. The summed E-state index contributed by atoms with van der Waals surface area (Å²) in [6, 6.07) is 8.21. The molecular formula is C30H48N2O. The molecule has 0 radical (unpaired) electrons. The van der Waals surface area contributed by atoms with Gasteiger partial charge in [0.25, 0.3) is 0 Å². The van der Waals surface area contributed by atoms with E-state index in [1.807, 2.05) is 24.5 Å². The van der Waals surface area contributed by atoms with Gasteiger partial charge in [0.1, 0.15) is 5.75 Å². The average Bonchev–Trinajstić information content (AvgIpc) is 2.83. The Morgan fingerprint density at radius 2 is 1.27 bits per heavy atom. The van der Waals surface area contributed by atoms with Crippen LogP contribution in [0.3, 0.4) is 0 Å². The van der Waals surface area contributed by atoms with Gasteiger partial charge in [-0.05, 0) is 55.0 Å². The Hall–Kier alpha value is -1.90. The van der Waals surface area contributed by atoms with Crippen LogP contribution in [-0.2, 0) is 6.42 Å². The highest BCUT2D eigenvalue weighted by molar-refractivity contribution is 5.55. The molecule has 3 heteroatoms. The summed E-state index contributed by atoms with van der Waals surface area (Å²) in [6.45, 7) is 7.69. The minimum Gasteiger partial charge on any atom is -0.494 e. The molecule has 0 saturated carbocycles. The fourth-order valence-electron chi connectivity index (χ4n) is 4.17. The zero-order valence-electron chi connectivity index (χ0n) is 21.7. The SMILES string of the molecule is CCCCCCCCCc1cnc(-c2ccc(OCCCCCCCCC(C)C)cc2)nc1. The smallest absolute Gasteiger partial charge is 0.159 e. The second-order valence-corrected chi connectivity index (χ2v) is 9.96. The van der Waals surface area contributed by atoms with E-state index >= 15 is 0 Å². The average molecular weight is 453 g/mol. The molecule has 1 aromatic heterocycles. The predicted molar refractivity (Wildman–Crippen MR) is 142 cm³/mol. The van der Waals surface area contributed by atoms with Crippen LogP contribution in [0, 0.1) is 5.92 Å². The summed E-state index contributed by atoms with van der Waals surface area (Å²) in [5, 5.41) is 0. The zero-order chi connectivity index (χ0) is 23.6. The standard InChI is InChI=1S/C30H48N2O/c1-4-5-6-7-8-12-15-18-27-24-31-30(32-25-27)28-19-21-29(22-20-28)33-23-16-13-10-9-11-14-17-26(2)3/h19-22,24-26H,4-18,23H2,1-3H3. The second kappa shape index (κ2) is 17.6. The van der Waals surface area contributed by atoms with Gasteiger partial charge in [-0.25, -0.2) is 9.97 Å². The molecule has 0 aliphatic carbocycles. The van der Waals surface area contributed by atoms with Crippen molar-refractivity contribution in [2.45, 2.75) is 117 Å². The van der Waals surface area contributed by atoms with E-state index in [-0.39, 0.29) is 0 Å². The molecular weight excluding hydrogens is 404 g/mol. The Balaban J connectivity index is 1.59. The van der Waals surface area contributed by atoms with Crippen LogP contribution in [0.4, 0.5) is 0 Å². The molecule has 0 bridgehead atoms. The minimum absolute atomic E-state index is 0.794. The van der Waals surface area contributed by atoms with Gasteiger partial charge < -0.3 is 4.74 Å². The lowest BCUT2D eigenvalue weighted by Gasteiger charge is -2.08. The van der Waals surface area contributed by atoms with Crippen molar-refractivity contribution < 1.29 is 4.74 Å². The van der Waals surface area contributed by atoms with Crippen molar-refractivity contribution in [3.63, 3.8) is 0 Å². The van der Waals surface area contributed by atoms with Gasteiger partial charge in [-0.3, -0.25) is 0 Å². The number of benzene rings is 1. The van der Waals surface area contributed by atoms with Gasteiger partial charge in [-0.2, -0.15) is 0 Å². The molecule has 0 fully saturated rings. The molecule has 3 nitrogen and oxygen atoms in total. The summed E-state index contributed by atoms with van der Waals surface area (Å²) in [6.07, 6.45) is 23.6. The normalized spacial score (nSPS) is 11.3. The van der Waals surface area contributed by atoms with E-state index in [0.717, 1.165) is 42.5 Å². The zero-order valence-corrected chi connectivity index (χ0v) is 21.7. The molecule has 1 heterocycles. The molecule has 2 rings (SSSR count). The molecule has 0 atom stereocenters. The molecule has 0 aliphatic rings. The summed E-state index contributed by atoms with van der Waals surface area (Å²) < 4.78 is 5.92. The second-order valence-electron chi connectivity index (χ2n) is 9.96. The third-order valence-electron chi connectivity index (χ3n) is 6.33. The summed E-state index contributed by atoms with van der Waals surface area (Å²) in [5.41, 5.74) is 2.29. The first-order chi connectivity index (χ1) is 16.2. The minimum atomic E-state index is 0.794. The molecule has 0 spiro atoms. The van der Waals surface area contributed by atoms with Crippen molar-refractivity contribution in [3.8, 4) is 17.1 Å². The summed E-state index contributed by atoms with van der Waals surface area (Å²) >= 11 is 0. The Labute approximate surface area is 203 Å². The highest BCUT2D eigenvalue weighted by atomic mass is 16.5. The highest BCUT2D eigenvalue weighted by Gasteiger charge is 2.03. The molecule has 0 amide bonds. The van der Waals surface area contributed by atoms with Crippen LogP contribution in [0.15, 0.2) is 36.7 Å². The van der Waals surface area contributed by atoms with Gasteiger partial charge in [0.2, 0.25) is 0 Å². The number of aryl methyl sites for hydroxylation is 1. The highest BCUT2D eigenvalue weighted by Crippen LogP contribution is 2.20. The summed E-state index contributed by atoms with van der Waals surface area (Å²) in [7, 11) is 0. The number of aromatic nitrogens is 2. The van der Waals surface area contributed by atoms with Crippen LogP contribution in [0.1, 0.15) is 116 Å². The van der Waals surface area contributed by atoms with Crippen LogP contribution < -0.4 is 4.74 Å². The molecule has 33 heavy (non-hydrogen) atoms. The maximum Gasteiger partial charge on any atom is 0.159 e. The monoisotopic (exact) mass is 452 g/mol. The Morgan fingerprint density at radius 1 is 0.697 bits per heavy atom. The van der Waals surface area contributed by atoms with E-state index in [1.165, 1.54) is 89.0 Å². The van der Waals surface area contributed by atoms with Crippen molar-refractivity contribution in [2.24, 2.45) is 5.92 Å². The number of rotatable bonds is 19. The molecule has 0 unspecified atom stereocenters. The lowest BCUT2D eigenvalue weighted by Crippen LogP contribution is -1.98. The van der Waals surface area contributed by atoms with Crippen LogP contribution in [0.2, 0.25) is 0 Å².